The molecule has 112 valence electrons. The highest BCUT2D eigenvalue weighted by Gasteiger charge is 2.11. The summed E-state index contributed by atoms with van der Waals surface area (Å²) in [5, 5.41) is 15.0. The second-order valence-electron chi connectivity index (χ2n) is 5.16. The van der Waals surface area contributed by atoms with Gasteiger partial charge in [-0.3, -0.25) is 0 Å². The predicted molar refractivity (Wildman–Crippen MR) is 84.1 cm³/mol. The van der Waals surface area contributed by atoms with E-state index in [1.165, 1.54) is 4.90 Å². The average Bonchev–Trinajstić information content (AvgIpc) is 2.38. The second-order valence-corrected chi connectivity index (χ2v) is 6.81. The summed E-state index contributed by atoms with van der Waals surface area (Å²) in [5.41, 5.74) is 1.06. The van der Waals surface area contributed by atoms with Crippen LogP contribution in [-0.4, -0.2) is 29.0 Å². The van der Waals surface area contributed by atoms with E-state index in [-0.39, 0.29) is 24.7 Å². The Morgan fingerprint density at radius 1 is 1.15 bits per heavy atom. The lowest BCUT2D eigenvalue weighted by Crippen LogP contribution is -2.43. The van der Waals surface area contributed by atoms with Crippen molar-refractivity contribution in [2.75, 3.05) is 6.61 Å². The Bertz CT molecular complexity index is 420. The fourth-order valence-electron chi connectivity index (χ4n) is 1.70. The van der Waals surface area contributed by atoms with Gasteiger partial charge in [0.2, 0.25) is 0 Å². The number of nitrogens with one attached hydrogen (secondary N) is 2. The molecule has 0 aliphatic rings. The molecular weight excluding hydrogens is 272 g/mol. The van der Waals surface area contributed by atoms with Crippen molar-refractivity contribution in [3.8, 4) is 0 Å². The van der Waals surface area contributed by atoms with Gasteiger partial charge >= 0.3 is 6.03 Å². The molecule has 0 spiro atoms. The van der Waals surface area contributed by atoms with Crippen LogP contribution in [0.5, 0.6) is 0 Å². The number of aliphatic hydroxyl groups is 1. The highest BCUT2D eigenvalue weighted by Crippen LogP contribution is 2.24. The van der Waals surface area contributed by atoms with E-state index in [0.29, 0.717) is 5.25 Å². The molecule has 0 radical (unpaired) electrons. The van der Waals surface area contributed by atoms with Crippen molar-refractivity contribution in [2.24, 2.45) is 0 Å². The summed E-state index contributed by atoms with van der Waals surface area (Å²) in [6, 6.07) is 7.64. The standard InChI is InChI=1S/C15H24N2O2S/c1-10(2)20-14-7-5-13(6-8-14)12(4)17-15(19)16-11(3)9-18/h5-8,10-12,18H,9H2,1-4H3,(H2,16,17,19). The van der Waals surface area contributed by atoms with Crippen molar-refractivity contribution in [3.63, 3.8) is 0 Å². The maximum absolute atomic E-state index is 11.7. The largest absolute Gasteiger partial charge is 0.394 e. The van der Waals surface area contributed by atoms with E-state index in [0.717, 1.165) is 5.56 Å². The number of aliphatic hydroxyl groups excluding tert-OH is 1. The minimum atomic E-state index is -0.264. The van der Waals surface area contributed by atoms with Crippen molar-refractivity contribution in [3.05, 3.63) is 29.8 Å². The molecule has 0 aliphatic carbocycles. The van der Waals surface area contributed by atoms with E-state index in [1.54, 1.807) is 6.92 Å². The van der Waals surface area contributed by atoms with Gasteiger partial charge < -0.3 is 15.7 Å². The summed E-state index contributed by atoms with van der Waals surface area (Å²) < 4.78 is 0. The minimum Gasteiger partial charge on any atom is -0.394 e. The molecule has 0 fully saturated rings. The van der Waals surface area contributed by atoms with Crippen molar-refractivity contribution >= 4 is 17.8 Å². The molecule has 2 atom stereocenters. The van der Waals surface area contributed by atoms with Gasteiger partial charge in [0.25, 0.3) is 0 Å². The Balaban J connectivity index is 2.54. The molecule has 5 heteroatoms. The first-order valence-electron chi connectivity index (χ1n) is 6.87. The van der Waals surface area contributed by atoms with Crippen LogP contribution < -0.4 is 10.6 Å². The third kappa shape index (κ3) is 5.84. The van der Waals surface area contributed by atoms with Crippen LogP contribution in [0.3, 0.4) is 0 Å². The molecule has 3 N–H and O–H groups in total. The van der Waals surface area contributed by atoms with Gasteiger partial charge in [-0.15, -0.1) is 11.8 Å². The molecule has 0 aliphatic heterocycles. The fourth-order valence-corrected chi connectivity index (χ4v) is 2.54. The summed E-state index contributed by atoms with van der Waals surface area (Å²) in [7, 11) is 0. The van der Waals surface area contributed by atoms with E-state index in [9.17, 15) is 4.79 Å². The molecule has 0 saturated heterocycles. The number of hydrogen-bond acceptors (Lipinski definition) is 3. The first-order chi connectivity index (χ1) is 9.42. The van der Waals surface area contributed by atoms with Crippen LogP contribution in [0.25, 0.3) is 0 Å². The van der Waals surface area contributed by atoms with E-state index in [2.05, 4.69) is 36.6 Å². The number of carbonyl (C=O) groups is 1. The van der Waals surface area contributed by atoms with Gasteiger partial charge in [-0.05, 0) is 31.5 Å². The Kier molecular flexibility index (Phi) is 6.88. The summed E-state index contributed by atoms with van der Waals surface area (Å²) in [6.45, 7) is 7.95. The maximum Gasteiger partial charge on any atom is 0.315 e. The molecule has 0 heterocycles. The van der Waals surface area contributed by atoms with Crippen molar-refractivity contribution in [1.82, 2.24) is 10.6 Å². The first-order valence-corrected chi connectivity index (χ1v) is 7.74. The summed E-state index contributed by atoms with van der Waals surface area (Å²) in [4.78, 5) is 12.9. The summed E-state index contributed by atoms with van der Waals surface area (Å²) in [5.74, 6) is 0. The van der Waals surface area contributed by atoms with Crippen molar-refractivity contribution in [2.45, 2.75) is 49.9 Å². The third-order valence-electron chi connectivity index (χ3n) is 2.75. The fraction of sp³-hybridized carbons (Fsp3) is 0.533. The Morgan fingerprint density at radius 3 is 2.25 bits per heavy atom. The van der Waals surface area contributed by atoms with Crippen molar-refractivity contribution in [1.29, 1.82) is 0 Å². The molecule has 1 rings (SSSR count). The van der Waals surface area contributed by atoms with Crippen LogP contribution in [-0.2, 0) is 0 Å². The second kappa shape index (κ2) is 8.17. The molecule has 2 unspecified atom stereocenters. The molecule has 1 aromatic rings. The predicted octanol–water partition coefficient (Wildman–Crippen LogP) is 2.93. The zero-order valence-electron chi connectivity index (χ0n) is 12.5. The highest BCUT2D eigenvalue weighted by molar-refractivity contribution is 7.99. The highest BCUT2D eigenvalue weighted by atomic mass is 32.2. The normalized spacial score (nSPS) is 13.9. The third-order valence-corrected chi connectivity index (χ3v) is 3.77. The number of urea groups is 1. The van der Waals surface area contributed by atoms with Crippen LogP contribution in [0, 0.1) is 0 Å². The van der Waals surface area contributed by atoms with Gasteiger partial charge in [-0.2, -0.15) is 0 Å². The first kappa shape index (κ1) is 16.9. The molecule has 0 saturated carbocycles. The molecular formula is C15H24N2O2S. The van der Waals surface area contributed by atoms with Gasteiger partial charge in [0, 0.05) is 10.1 Å². The van der Waals surface area contributed by atoms with Crippen LogP contribution in [0.15, 0.2) is 29.2 Å². The van der Waals surface area contributed by atoms with Gasteiger partial charge in [-0.25, -0.2) is 4.79 Å². The smallest absolute Gasteiger partial charge is 0.315 e. The quantitative estimate of drug-likeness (QED) is 0.707. The number of thioether (sulfide) groups is 1. The van der Waals surface area contributed by atoms with E-state index in [1.807, 2.05) is 30.8 Å². The summed E-state index contributed by atoms with van der Waals surface area (Å²) >= 11 is 1.82. The lowest BCUT2D eigenvalue weighted by Gasteiger charge is -2.17. The zero-order chi connectivity index (χ0) is 15.1. The van der Waals surface area contributed by atoms with Gasteiger partial charge in [0.05, 0.1) is 18.7 Å². The van der Waals surface area contributed by atoms with E-state index in [4.69, 9.17) is 5.11 Å². The number of hydrogen-bond donors (Lipinski definition) is 3. The van der Waals surface area contributed by atoms with Gasteiger partial charge in [-0.1, -0.05) is 26.0 Å². The van der Waals surface area contributed by atoms with Crippen LogP contribution >= 0.6 is 11.8 Å². The Morgan fingerprint density at radius 2 is 1.75 bits per heavy atom. The minimum absolute atomic E-state index is 0.0665. The molecule has 0 bridgehead atoms. The Labute approximate surface area is 125 Å². The van der Waals surface area contributed by atoms with E-state index >= 15 is 0 Å². The average molecular weight is 296 g/mol. The lowest BCUT2D eigenvalue weighted by molar-refractivity contribution is 0.218. The molecule has 1 aromatic carbocycles. The van der Waals surface area contributed by atoms with E-state index < -0.39 is 0 Å². The maximum atomic E-state index is 11.7. The molecule has 2 amide bonds. The topological polar surface area (TPSA) is 61.4 Å². The van der Waals surface area contributed by atoms with Crippen LogP contribution in [0.4, 0.5) is 4.79 Å². The van der Waals surface area contributed by atoms with Gasteiger partial charge in [0.15, 0.2) is 0 Å². The molecule has 0 aromatic heterocycles. The number of carbonyl (C=O) groups excluding carboxylic acids is 1. The summed E-state index contributed by atoms with van der Waals surface area (Å²) in [6.07, 6.45) is 0. The van der Waals surface area contributed by atoms with Gasteiger partial charge in [0.1, 0.15) is 0 Å². The number of rotatable bonds is 6. The SMILES string of the molecule is CC(CO)NC(=O)NC(C)c1ccc(SC(C)C)cc1. The van der Waals surface area contributed by atoms with Crippen LogP contribution in [0.2, 0.25) is 0 Å². The molecule has 4 nitrogen and oxygen atoms in total. The monoisotopic (exact) mass is 296 g/mol. The Hall–Kier alpha value is -1.20. The van der Waals surface area contributed by atoms with Crippen molar-refractivity contribution < 1.29 is 9.90 Å². The molecule has 20 heavy (non-hydrogen) atoms. The van der Waals surface area contributed by atoms with Crippen LogP contribution in [0.1, 0.15) is 39.3 Å². The number of benzene rings is 1. The lowest BCUT2D eigenvalue weighted by atomic mass is 10.1. The zero-order valence-corrected chi connectivity index (χ0v) is 13.3. The number of amides is 2.